The Morgan fingerprint density at radius 2 is 1.55 bits per heavy atom. The number of rotatable bonds is 10. The Bertz CT molecular complexity index is 1380. The number of halogens is 1. The number of anilines is 1. The number of hydrogen-bond acceptors (Lipinski definition) is 5. The fraction of sp³-hybridized carbons (Fsp3) is 0.303. The molecule has 0 unspecified atom stereocenters. The van der Waals surface area contributed by atoms with Gasteiger partial charge in [0.2, 0.25) is 0 Å². The average molecular weight is 571 g/mol. The molecule has 1 fully saturated rings. The van der Waals surface area contributed by atoms with Gasteiger partial charge in [0.1, 0.15) is 11.0 Å². The fourth-order valence-corrected chi connectivity index (χ4v) is 5.93. The first-order valence-corrected chi connectivity index (χ1v) is 15.3. The standard InChI is InChI=1S/C33H35ClN4OS/c1-25-16-19-37(20-17-25)31-22-30(34)35-33(36-31)40-24-28-12-14-29(15-13-28)32(39)38(23-27-10-6-3-7-11-27)21-18-26-8-4-2-5-9-26/h2-15,22,25H,16-21,23-24H2,1H3. The van der Waals surface area contributed by atoms with Crippen LogP contribution < -0.4 is 4.90 Å². The van der Waals surface area contributed by atoms with E-state index in [2.05, 4.69) is 41.1 Å². The summed E-state index contributed by atoms with van der Waals surface area (Å²) < 4.78 is 0. The van der Waals surface area contributed by atoms with Gasteiger partial charge in [0.25, 0.3) is 5.91 Å². The SMILES string of the molecule is CC1CCN(c2cc(Cl)nc(SCc3ccc(C(=O)N(CCc4ccccc4)Cc4ccccc4)cc3)n2)CC1. The third-order valence-electron chi connectivity index (χ3n) is 7.35. The number of carbonyl (C=O) groups is 1. The molecule has 5 rings (SSSR count). The van der Waals surface area contributed by atoms with Crippen LogP contribution in [-0.4, -0.2) is 40.4 Å². The normalized spacial score (nSPS) is 13.8. The van der Waals surface area contributed by atoms with E-state index in [4.69, 9.17) is 16.6 Å². The van der Waals surface area contributed by atoms with Crippen molar-refractivity contribution in [1.82, 2.24) is 14.9 Å². The van der Waals surface area contributed by atoms with Gasteiger partial charge in [0, 0.05) is 43.6 Å². The number of thioether (sulfide) groups is 1. The van der Waals surface area contributed by atoms with Gasteiger partial charge in [-0.15, -0.1) is 0 Å². The molecule has 0 saturated carbocycles. The lowest BCUT2D eigenvalue weighted by atomic mass is 9.99. The molecule has 3 aromatic carbocycles. The second-order valence-corrected chi connectivity index (χ2v) is 11.8. The zero-order valence-electron chi connectivity index (χ0n) is 22.9. The van der Waals surface area contributed by atoms with E-state index in [1.165, 1.54) is 18.4 Å². The monoisotopic (exact) mass is 570 g/mol. The van der Waals surface area contributed by atoms with Gasteiger partial charge in [0.15, 0.2) is 5.16 Å². The molecule has 0 N–H and O–H groups in total. The van der Waals surface area contributed by atoms with Gasteiger partial charge >= 0.3 is 0 Å². The van der Waals surface area contributed by atoms with Crippen LogP contribution in [0.15, 0.2) is 96.2 Å². The molecule has 5 nitrogen and oxygen atoms in total. The van der Waals surface area contributed by atoms with Crippen LogP contribution in [-0.2, 0) is 18.7 Å². The minimum Gasteiger partial charge on any atom is -0.356 e. The van der Waals surface area contributed by atoms with Crippen LogP contribution in [0.1, 0.15) is 46.8 Å². The lowest BCUT2D eigenvalue weighted by molar-refractivity contribution is 0.0745. The van der Waals surface area contributed by atoms with Crippen molar-refractivity contribution in [2.45, 2.75) is 43.6 Å². The molecule has 0 radical (unpaired) electrons. The van der Waals surface area contributed by atoms with E-state index in [0.717, 1.165) is 42.4 Å². The Kier molecular flexibility index (Phi) is 9.74. The van der Waals surface area contributed by atoms with E-state index in [-0.39, 0.29) is 5.91 Å². The zero-order chi connectivity index (χ0) is 27.7. The molecule has 1 saturated heterocycles. The number of hydrogen-bond donors (Lipinski definition) is 0. The van der Waals surface area contributed by atoms with Gasteiger partial charge in [-0.2, -0.15) is 0 Å². The minimum absolute atomic E-state index is 0.0395. The van der Waals surface area contributed by atoms with E-state index >= 15 is 0 Å². The van der Waals surface area contributed by atoms with Crippen molar-refractivity contribution in [3.05, 3.63) is 118 Å². The van der Waals surface area contributed by atoms with Crippen LogP contribution in [0.25, 0.3) is 0 Å². The Morgan fingerprint density at radius 1 is 0.900 bits per heavy atom. The van der Waals surface area contributed by atoms with Crippen molar-refractivity contribution in [3.8, 4) is 0 Å². The largest absolute Gasteiger partial charge is 0.356 e. The predicted octanol–water partition coefficient (Wildman–Crippen LogP) is 7.54. The van der Waals surface area contributed by atoms with Gasteiger partial charge in [-0.1, -0.05) is 103 Å². The van der Waals surface area contributed by atoms with Gasteiger partial charge in [-0.3, -0.25) is 4.79 Å². The fourth-order valence-electron chi connectivity index (χ4n) is 4.89. The number of carbonyl (C=O) groups excluding carboxylic acids is 1. The lowest BCUT2D eigenvalue weighted by Gasteiger charge is -2.31. The van der Waals surface area contributed by atoms with Crippen molar-refractivity contribution >= 4 is 35.1 Å². The maximum atomic E-state index is 13.6. The molecule has 1 aliphatic heterocycles. The Morgan fingerprint density at radius 3 is 2.23 bits per heavy atom. The Labute approximate surface area is 246 Å². The van der Waals surface area contributed by atoms with Crippen LogP contribution in [0.5, 0.6) is 0 Å². The maximum Gasteiger partial charge on any atom is 0.254 e. The van der Waals surface area contributed by atoms with Gasteiger partial charge in [-0.05, 0) is 54.0 Å². The molecular formula is C33H35ClN4OS. The van der Waals surface area contributed by atoms with Gasteiger partial charge in [0.05, 0.1) is 0 Å². The predicted molar refractivity (Wildman–Crippen MR) is 165 cm³/mol. The second kappa shape index (κ2) is 13.8. The molecule has 1 aliphatic rings. The summed E-state index contributed by atoms with van der Waals surface area (Å²) in [6.07, 6.45) is 3.15. The minimum atomic E-state index is 0.0395. The van der Waals surface area contributed by atoms with Crippen molar-refractivity contribution < 1.29 is 4.79 Å². The van der Waals surface area contributed by atoms with Crippen LogP contribution in [0, 0.1) is 5.92 Å². The van der Waals surface area contributed by atoms with Crippen molar-refractivity contribution in [2.75, 3.05) is 24.5 Å². The number of benzene rings is 3. The van der Waals surface area contributed by atoms with Crippen molar-refractivity contribution in [3.63, 3.8) is 0 Å². The molecule has 0 aliphatic carbocycles. The summed E-state index contributed by atoms with van der Waals surface area (Å²) in [6.45, 7) is 5.53. The Balaban J connectivity index is 1.23. The molecular weight excluding hydrogens is 536 g/mol. The molecule has 40 heavy (non-hydrogen) atoms. The first kappa shape index (κ1) is 28.2. The highest BCUT2D eigenvalue weighted by Gasteiger charge is 2.19. The highest BCUT2D eigenvalue weighted by atomic mass is 35.5. The van der Waals surface area contributed by atoms with Gasteiger partial charge < -0.3 is 9.80 Å². The quantitative estimate of drug-likeness (QED) is 0.112. The maximum absolute atomic E-state index is 13.6. The molecule has 0 atom stereocenters. The summed E-state index contributed by atoms with van der Waals surface area (Å²) in [5, 5.41) is 1.15. The molecule has 0 spiro atoms. The molecule has 206 valence electrons. The van der Waals surface area contributed by atoms with E-state index in [1.54, 1.807) is 11.8 Å². The van der Waals surface area contributed by atoms with Crippen LogP contribution in [0.2, 0.25) is 5.15 Å². The first-order valence-electron chi connectivity index (χ1n) is 13.9. The summed E-state index contributed by atoms with van der Waals surface area (Å²) in [6, 6.07) is 30.2. The summed E-state index contributed by atoms with van der Waals surface area (Å²) in [4.78, 5) is 27.1. The van der Waals surface area contributed by atoms with Crippen LogP contribution in [0.4, 0.5) is 5.82 Å². The van der Waals surface area contributed by atoms with E-state index < -0.39 is 0 Å². The summed E-state index contributed by atoms with van der Waals surface area (Å²) in [5.74, 6) is 2.40. The van der Waals surface area contributed by atoms with E-state index in [9.17, 15) is 4.79 Å². The number of nitrogens with zero attached hydrogens (tertiary/aromatic N) is 4. The average Bonchev–Trinajstić information content (AvgIpc) is 2.99. The third-order valence-corrected chi connectivity index (χ3v) is 8.47. The smallest absolute Gasteiger partial charge is 0.254 e. The number of piperidine rings is 1. The van der Waals surface area contributed by atoms with Crippen molar-refractivity contribution in [2.24, 2.45) is 5.92 Å². The van der Waals surface area contributed by atoms with Crippen LogP contribution in [0.3, 0.4) is 0 Å². The Hall–Kier alpha value is -3.35. The second-order valence-electron chi connectivity index (χ2n) is 10.4. The lowest BCUT2D eigenvalue weighted by Crippen LogP contribution is -2.33. The zero-order valence-corrected chi connectivity index (χ0v) is 24.5. The van der Waals surface area contributed by atoms with Gasteiger partial charge in [-0.25, -0.2) is 9.97 Å². The molecule has 7 heteroatoms. The van der Waals surface area contributed by atoms with Crippen molar-refractivity contribution in [1.29, 1.82) is 0 Å². The summed E-state index contributed by atoms with van der Waals surface area (Å²) >= 11 is 7.92. The number of amides is 1. The first-order chi connectivity index (χ1) is 19.5. The highest BCUT2D eigenvalue weighted by molar-refractivity contribution is 7.98. The summed E-state index contributed by atoms with van der Waals surface area (Å²) in [5.41, 5.74) is 4.15. The topological polar surface area (TPSA) is 49.3 Å². The molecule has 0 bridgehead atoms. The van der Waals surface area contributed by atoms with Crippen LogP contribution >= 0.6 is 23.4 Å². The molecule has 1 aromatic heterocycles. The molecule has 2 heterocycles. The molecule has 1 amide bonds. The van der Waals surface area contributed by atoms with E-state index in [1.807, 2.05) is 71.6 Å². The summed E-state index contributed by atoms with van der Waals surface area (Å²) in [7, 11) is 0. The molecule has 4 aromatic rings. The number of aromatic nitrogens is 2. The highest BCUT2D eigenvalue weighted by Crippen LogP contribution is 2.27. The van der Waals surface area contributed by atoms with E-state index in [0.29, 0.717) is 34.7 Å². The third kappa shape index (κ3) is 7.86.